The number of rotatable bonds is 7. The Morgan fingerprint density at radius 1 is 1.16 bits per heavy atom. The molecule has 200 valence electrons. The number of benzene rings is 2. The van der Waals surface area contributed by atoms with Crippen molar-refractivity contribution in [3.63, 3.8) is 0 Å². The van der Waals surface area contributed by atoms with Crippen LogP contribution in [0, 0.1) is 17.2 Å². The third kappa shape index (κ3) is 6.33. The Kier molecular flexibility index (Phi) is 7.36. The second-order valence-corrected chi connectivity index (χ2v) is 12.3. The Hall–Kier alpha value is -3.34. The molecule has 1 aliphatic heterocycles. The van der Waals surface area contributed by atoms with Gasteiger partial charge in [-0.2, -0.15) is 0 Å². The van der Waals surface area contributed by atoms with E-state index in [9.17, 15) is 22.4 Å². The van der Waals surface area contributed by atoms with Gasteiger partial charge in [0.15, 0.2) is 0 Å². The van der Waals surface area contributed by atoms with Crippen molar-refractivity contribution in [1.82, 2.24) is 5.32 Å². The topological polar surface area (TPSA) is 114 Å². The summed E-state index contributed by atoms with van der Waals surface area (Å²) in [7, 11) is -4.12. The number of carbonyl (C=O) groups excluding carboxylic acids is 2. The Bertz CT molecular complexity index is 1270. The van der Waals surface area contributed by atoms with E-state index in [2.05, 4.69) is 10.6 Å². The van der Waals surface area contributed by atoms with Gasteiger partial charge in [0.1, 0.15) is 23.8 Å². The zero-order valence-electron chi connectivity index (χ0n) is 21.3. The Morgan fingerprint density at radius 2 is 1.84 bits per heavy atom. The number of anilines is 2. The van der Waals surface area contributed by atoms with Crippen LogP contribution in [0.4, 0.5) is 20.6 Å². The molecule has 4 rings (SSSR count). The maximum Gasteiger partial charge on any atom is 0.411 e. The van der Waals surface area contributed by atoms with Crippen molar-refractivity contribution in [2.45, 2.75) is 57.6 Å². The highest BCUT2D eigenvalue weighted by Crippen LogP contribution is 2.39. The molecular weight excluding hydrogens is 501 g/mol. The summed E-state index contributed by atoms with van der Waals surface area (Å²) in [5.74, 6) is -0.365. The van der Waals surface area contributed by atoms with Crippen LogP contribution in [0.2, 0.25) is 0 Å². The predicted octanol–water partition coefficient (Wildman–Crippen LogP) is 4.29. The van der Waals surface area contributed by atoms with Crippen molar-refractivity contribution in [3.05, 3.63) is 48.3 Å². The quantitative estimate of drug-likeness (QED) is 0.549. The molecule has 2 aliphatic rings. The van der Waals surface area contributed by atoms with Crippen LogP contribution in [0.25, 0.3) is 0 Å². The normalized spacial score (nSPS) is 18.3. The molecule has 2 N–H and O–H groups in total. The lowest BCUT2D eigenvalue weighted by Crippen LogP contribution is -2.48. The third-order valence-electron chi connectivity index (χ3n) is 6.49. The van der Waals surface area contributed by atoms with Gasteiger partial charge in [-0.3, -0.25) is 14.4 Å². The lowest BCUT2D eigenvalue weighted by molar-refractivity contribution is -0.122. The summed E-state index contributed by atoms with van der Waals surface area (Å²) in [5, 5.41) is 5.46. The number of nitrogens with one attached hydrogen (secondary N) is 2. The van der Waals surface area contributed by atoms with Crippen molar-refractivity contribution in [3.8, 4) is 5.75 Å². The maximum atomic E-state index is 13.6. The molecule has 9 nitrogen and oxygen atoms in total. The van der Waals surface area contributed by atoms with Crippen LogP contribution in [-0.2, 0) is 19.6 Å². The number of amides is 2. The van der Waals surface area contributed by atoms with Crippen LogP contribution in [0.1, 0.15) is 40.5 Å². The Balaban J connectivity index is 1.60. The number of carbonyl (C=O) groups is 2. The number of halogens is 1. The van der Waals surface area contributed by atoms with Gasteiger partial charge in [0.2, 0.25) is 5.91 Å². The summed E-state index contributed by atoms with van der Waals surface area (Å²) >= 11 is 0. The molecule has 0 spiro atoms. The standard InChI is InChI=1S/C26H32FN3O6S/c1-16(26(2,3)4)35-25(32)29-19-9-12-23-22(13-19)30(37(33,34)21-10-7-18(27)8-11-21)15-20(36-23)14-28-24(31)17-5-6-17/h7-13,16-17,20H,5-6,14-15H2,1-4H3,(H,28,31)(H,29,32)/t16-,20+/m1/s1. The molecule has 1 fully saturated rings. The summed E-state index contributed by atoms with van der Waals surface area (Å²) < 4.78 is 53.3. The van der Waals surface area contributed by atoms with Crippen LogP contribution in [-0.4, -0.2) is 45.7 Å². The van der Waals surface area contributed by atoms with Gasteiger partial charge in [-0.25, -0.2) is 17.6 Å². The fourth-order valence-corrected chi connectivity index (χ4v) is 5.15. The number of fused-ring (bicyclic) bond motifs is 1. The summed E-state index contributed by atoms with van der Waals surface area (Å²) in [6.45, 7) is 7.67. The minimum Gasteiger partial charge on any atom is -0.484 e. The van der Waals surface area contributed by atoms with Crippen LogP contribution in [0.3, 0.4) is 0 Å². The minimum atomic E-state index is -4.12. The van der Waals surface area contributed by atoms with Gasteiger partial charge in [0.25, 0.3) is 10.0 Å². The number of ether oxygens (including phenoxy) is 2. The molecule has 0 bridgehead atoms. The van der Waals surface area contributed by atoms with E-state index in [1.165, 1.54) is 18.2 Å². The minimum absolute atomic E-state index is 0.00400. The van der Waals surface area contributed by atoms with Crippen molar-refractivity contribution in [1.29, 1.82) is 0 Å². The summed E-state index contributed by atoms with van der Waals surface area (Å²) in [4.78, 5) is 24.5. The predicted molar refractivity (Wildman–Crippen MR) is 137 cm³/mol. The average Bonchev–Trinajstić information content (AvgIpc) is 3.67. The molecule has 1 saturated carbocycles. The van der Waals surface area contributed by atoms with E-state index in [0.29, 0.717) is 5.69 Å². The smallest absolute Gasteiger partial charge is 0.411 e. The van der Waals surface area contributed by atoms with Crippen molar-refractivity contribution < 1.29 is 31.9 Å². The molecule has 2 aromatic rings. The molecule has 1 heterocycles. The van der Waals surface area contributed by atoms with E-state index in [-0.39, 0.29) is 52.8 Å². The number of hydrogen-bond donors (Lipinski definition) is 2. The average molecular weight is 534 g/mol. The van der Waals surface area contributed by atoms with E-state index >= 15 is 0 Å². The van der Waals surface area contributed by atoms with Crippen LogP contribution >= 0.6 is 0 Å². The van der Waals surface area contributed by atoms with Crippen LogP contribution < -0.4 is 19.7 Å². The van der Waals surface area contributed by atoms with Gasteiger partial charge in [0, 0.05) is 11.6 Å². The summed E-state index contributed by atoms with van der Waals surface area (Å²) in [6, 6.07) is 9.15. The van der Waals surface area contributed by atoms with Crippen molar-refractivity contribution in [2.75, 3.05) is 22.7 Å². The van der Waals surface area contributed by atoms with Gasteiger partial charge in [-0.15, -0.1) is 0 Å². The van der Waals surface area contributed by atoms with Gasteiger partial charge in [-0.05, 0) is 67.6 Å². The van der Waals surface area contributed by atoms with Gasteiger partial charge in [0.05, 0.1) is 23.7 Å². The fraction of sp³-hybridized carbons (Fsp3) is 0.462. The van der Waals surface area contributed by atoms with Crippen LogP contribution in [0.15, 0.2) is 47.4 Å². The summed E-state index contributed by atoms with van der Waals surface area (Å²) in [6.07, 6.45) is 0.000634. The SMILES string of the molecule is C[C@@H](OC(=O)Nc1ccc2c(c1)N(S(=O)(=O)c1ccc(F)cc1)C[C@H](CNC(=O)C1CC1)O2)C(C)(C)C. The molecule has 0 saturated heterocycles. The van der Waals surface area contributed by atoms with Gasteiger partial charge in [-0.1, -0.05) is 20.8 Å². The van der Waals surface area contributed by atoms with Crippen LogP contribution in [0.5, 0.6) is 5.75 Å². The Morgan fingerprint density at radius 3 is 2.46 bits per heavy atom. The zero-order chi connectivity index (χ0) is 27.0. The van der Waals surface area contributed by atoms with Gasteiger partial charge >= 0.3 is 6.09 Å². The molecule has 11 heteroatoms. The summed E-state index contributed by atoms with van der Waals surface area (Å²) in [5.41, 5.74) is 0.259. The molecular formula is C26H32FN3O6S. The molecule has 1 aliphatic carbocycles. The Labute approximate surface area is 216 Å². The monoisotopic (exact) mass is 533 g/mol. The molecule has 2 aromatic carbocycles. The second kappa shape index (κ2) is 10.2. The van der Waals surface area contributed by atoms with Gasteiger partial charge < -0.3 is 14.8 Å². The van der Waals surface area contributed by atoms with E-state index < -0.39 is 28.0 Å². The van der Waals surface area contributed by atoms with E-state index in [1.54, 1.807) is 19.1 Å². The first-order valence-corrected chi connectivity index (χ1v) is 13.6. The first-order valence-electron chi connectivity index (χ1n) is 12.2. The first kappa shape index (κ1) is 26.7. The lowest BCUT2D eigenvalue weighted by atomic mass is 9.90. The molecule has 37 heavy (non-hydrogen) atoms. The van der Waals surface area contributed by atoms with Crippen molar-refractivity contribution >= 4 is 33.4 Å². The highest BCUT2D eigenvalue weighted by Gasteiger charge is 2.36. The zero-order valence-corrected chi connectivity index (χ0v) is 22.1. The molecule has 0 unspecified atom stereocenters. The third-order valence-corrected chi connectivity index (χ3v) is 8.29. The van der Waals surface area contributed by atoms with Crippen molar-refractivity contribution in [2.24, 2.45) is 11.3 Å². The number of hydrogen-bond acceptors (Lipinski definition) is 6. The van der Waals surface area contributed by atoms with E-state index in [0.717, 1.165) is 29.3 Å². The largest absolute Gasteiger partial charge is 0.484 e. The highest BCUT2D eigenvalue weighted by atomic mass is 32.2. The fourth-order valence-electron chi connectivity index (χ4n) is 3.65. The lowest BCUT2D eigenvalue weighted by Gasteiger charge is -2.36. The molecule has 2 amide bonds. The highest BCUT2D eigenvalue weighted by molar-refractivity contribution is 7.92. The molecule has 0 radical (unpaired) electrons. The first-order chi connectivity index (χ1) is 17.3. The second-order valence-electron chi connectivity index (χ2n) is 10.5. The number of nitrogens with zero attached hydrogens (tertiary/aromatic N) is 1. The van der Waals surface area contributed by atoms with E-state index in [4.69, 9.17) is 9.47 Å². The maximum absolute atomic E-state index is 13.6. The number of sulfonamides is 1. The molecule has 2 atom stereocenters. The van der Waals surface area contributed by atoms with E-state index in [1.807, 2.05) is 20.8 Å². The molecule has 0 aromatic heterocycles.